The average Bonchev–Trinajstić information content (AvgIpc) is 3.13. The van der Waals surface area contributed by atoms with Gasteiger partial charge < -0.3 is 29.5 Å². The van der Waals surface area contributed by atoms with Crippen LogP contribution >= 0.6 is 0 Å². The van der Waals surface area contributed by atoms with Crippen molar-refractivity contribution in [3.05, 3.63) is 96.0 Å². The van der Waals surface area contributed by atoms with E-state index in [9.17, 15) is 9.59 Å². The number of ether oxygens (including phenoxy) is 2. The van der Waals surface area contributed by atoms with Gasteiger partial charge in [0.2, 0.25) is 11.9 Å². The van der Waals surface area contributed by atoms with Crippen molar-refractivity contribution < 1.29 is 23.5 Å². The SMILES string of the molecule is CCN(CC)C(=O)CCN1C(Nc2ccc(OCCCN3CCCCC3)c(F)c2)=NC=CC1N(C(=O)Oc1c(C)cccc1C)c1ccccc1. The number of likely N-dealkylation sites (tertiary alicyclic amines) is 1. The summed E-state index contributed by atoms with van der Waals surface area (Å²) in [7, 11) is 0. The number of guanidine groups is 1. The Morgan fingerprint density at radius 2 is 1.67 bits per heavy atom. The second kappa shape index (κ2) is 18.4. The highest BCUT2D eigenvalue weighted by molar-refractivity contribution is 5.98. The number of halogens is 1. The van der Waals surface area contributed by atoms with Gasteiger partial charge in [0.05, 0.1) is 6.61 Å². The first-order valence-corrected chi connectivity index (χ1v) is 18.1. The van der Waals surface area contributed by atoms with E-state index in [1.807, 2.05) is 81.1 Å². The number of hydrogen-bond acceptors (Lipinski definition) is 8. The van der Waals surface area contributed by atoms with Gasteiger partial charge in [-0.3, -0.25) is 9.69 Å². The maximum Gasteiger partial charge on any atom is 0.421 e. The second-order valence-electron chi connectivity index (χ2n) is 12.9. The molecule has 0 aliphatic carbocycles. The molecule has 51 heavy (non-hydrogen) atoms. The highest BCUT2D eigenvalue weighted by Gasteiger charge is 2.35. The van der Waals surface area contributed by atoms with Crippen molar-refractivity contribution in [2.24, 2.45) is 4.99 Å². The quantitative estimate of drug-likeness (QED) is 0.174. The van der Waals surface area contributed by atoms with E-state index in [1.165, 1.54) is 25.3 Å². The van der Waals surface area contributed by atoms with Crippen LogP contribution in [0.5, 0.6) is 11.5 Å². The zero-order valence-electron chi connectivity index (χ0n) is 30.3. The van der Waals surface area contributed by atoms with Crippen LogP contribution in [-0.2, 0) is 4.79 Å². The van der Waals surface area contributed by atoms with Gasteiger partial charge in [0.25, 0.3) is 0 Å². The highest BCUT2D eigenvalue weighted by atomic mass is 19.1. The number of nitrogens with one attached hydrogen (secondary N) is 1. The maximum atomic E-state index is 15.3. The number of para-hydroxylation sites is 2. The lowest BCUT2D eigenvalue weighted by Crippen LogP contribution is -2.56. The van der Waals surface area contributed by atoms with Crippen LogP contribution in [0.2, 0.25) is 0 Å². The molecule has 5 rings (SSSR count). The van der Waals surface area contributed by atoms with Gasteiger partial charge in [-0.15, -0.1) is 0 Å². The molecule has 3 aromatic rings. The summed E-state index contributed by atoms with van der Waals surface area (Å²) < 4.78 is 27.2. The molecule has 0 spiro atoms. The van der Waals surface area contributed by atoms with Crippen molar-refractivity contribution in [2.75, 3.05) is 56.1 Å². The monoisotopic (exact) mass is 698 g/mol. The van der Waals surface area contributed by atoms with Crippen LogP contribution in [0, 0.1) is 19.7 Å². The Balaban J connectivity index is 1.38. The fraction of sp³-hybridized carbons (Fsp3) is 0.425. The molecule has 1 atom stereocenters. The molecule has 3 aromatic carbocycles. The molecular formula is C40H51FN6O4. The van der Waals surface area contributed by atoms with Crippen molar-refractivity contribution in [3.8, 4) is 11.5 Å². The summed E-state index contributed by atoms with van der Waals surface area (Å²) in [5, 5.41) is 3.25. The maximum absolute atomic E-state index is 15.3. The normalized spacial score (nSPS) is 16.0. The number of amides is 2. The molecule has 2 aliphatic rings. The number of anilines is 2. The summed E-state index contributed by atoms with van der Waals surface area (Å²) in [6.07, 6.45) is 6.81. The van der Waals surface area contributed by atoms with E-state index in [4.69, 9.17) is 9.47 Å². The van der Waals surface area contributed by atoms with E-state index in [-0.39, 0.29) is 24.6 Å². The molecule has 0 radical (unpaired) electrons. The molecule has 2 amide bonds. The Hall–Kier alpha value is -4.90. The summed E-state index contributed by atoms with van der Waals surface area (Å²) in [6, 6.07) is 19.7. The minimum absolute atomic E-state index is 0.0233. The van der Waals surface area contributed by atoms with Gasteiger partial charge in [0.1, 0.15) is 11.9 Å². The van der Waals surface area contributed by atoms with Crippen LogP contribution in [-0.4, -0.2) is 84.7 Å². The van der Waals surface area contributed by atoms with E-state index < -0.39 is 18.1 Å². The lowest BCUT2D eigenvalue weighted by atomic mass is 10.1. The Morgan fingerprint density at radius 1 is 0.941 bits per heavy atom. The van der Waals surface area contributed by atoms with Crippen molar-refractivity contribution >= 4 is 29.3 Å². The Kier molecular flexibility index (Phi) is 13.5. The van der Waals surface area contributed by atoms with Gasteiger partial charge >= 0.3 is 6.09 Å². The van der Waals surface area contributed by atoms with E-state index >= 15 is 4.39 Å². The zero-order chi connectivity index (χ0) is 36.2. The number of hydrogen-bond donors (Lipinski definition) is 1. The minimum Gasteiger partial charge on any atom is -0.490 e. The molecule has 272 valence electrons. The number of aliphatic imine (C=N–C) groups is 1. The molecule has 2 aliphatic heterocycles. The molecule has 1 unspecified atom stereocenters. The number of benzene rings is 3. The number of rotatable bonds is 14. The molecule has 1 N–H and O–H groups in total. The van der Waals surface area contributed by atoms with Gasteiger partial charge in [-0.1, -0.05) is 42.8 Å². The largest absolute Gasteiger partial charge is 0.490 e. The third-order valence-electron chi connectivity index (χ3n) is 9.34. The molecule has 10 nitrogen and oxygen atoms in total. The van der Waals surface area contributed by atoms with Gasteiger partial charge in [0.15, 0.2) is 11.6 Å². The fourth-order valence-electron chi connectivity index (χ4n) is 6.54. The topological polar surface area (TPSA) is 90.0 Å². The van der Waals surface area contributed by atoms with E-state index in [1.54, 1.807) is 34.2 Å². The molecule has 0 bridgehead atoms. The number of carbonyl (C=O) groups is 2. The summed E-state index contributed by atoms with van der Waals surface area (Å²) in [5.74, 6) is 0.513. The standard InChI is InChI=1S/C40H51FN6O4/c1-5-45(6-2)37(48)22-27-46-36(47(33-17-9-7-10-18-33)40(49)51-38-30(3)15-13-16-31(38)4)21-23-42-39(46)43-32-19-20-35(34(41)29-32)50-28-14-26-44-24-11-8-12-25-44/h7,9-10,13,15-21,23,29,36H,5-6,8,11-12,14,22,24-28H2,1-4H3,(H,42,43). The minimum atomic E-state index is -0.735. The lowest BCUT2D eigenvalue weighted by Gasteiger charge is -2.40. The lowest BCUT2D eigenvalue weighted by molar-refractivity contribution is -0.131. The van der Waals surface area contributed by atoms with Gasteiger partial charge in [0, 0.05) is 56.2 Å². The number of piperidine rings is 1. The molecule has 0 saturated carbocycles. The fourth-order valence-corrected chi connectivity index (χ4v) is 6.54. The van der Waals surface area contributed by atoms with Crippen LogP contribution in [0.25, 0.3) is 0 Å². The molecule has 1 fully saturated rings. The van der Waals surface area contributed by atoms with Gasteiger partial charge in [-0.25, -0.2) is 14.2 Å². The summed E-state index contributed by atoms with van der Waals surface area (Å²) in [6.45, 7) is 12.7. The van der Waals surface area contributed by atoms with Crippen LogP contribution in [0.15, 0.2) is 84.0 Å². The Bertz CT molecular complexity index is 1650. The van der Waals surface area contributed by atoms with E-state index in [2.05, 4.69) is 15.2 Å². The predicted molar refractivity (Wildman–Crippen MR) is 201 cm³/mol. The first kappa shape index (κ1) is 37.4. The summed E-state index contributed by atoms with van der Waals surface area (Å²) >= 11 is 0. The van der Waals surface area contributed by atoms with E-state index in [0.717, 1.165) is 37.2 Å². The van der Waals surface area contributed by atoms with Crippen LogP contribution in [0.1, 0.15) is 57.1 Å². The third kappa shape index (κ3) is 9.88. The van der Waals surface area contributed by atoms with Crippen molar-refractivity contribution in [1.82, 2.24) is 14.7 Å². The highest BCUT2D eigenvalue weighted by Crippen LogP contribution is 2.29. The molecular weight excluding hydrogens is 647 g/mol. The molecule has 1 saturated heterocycles. The smallest absolute Gasteiger partial charge is 0.421 e. The predicted octanol–water partition coefficient (Wildman–Crippen LogP) is 7.58. The van der Waals surface area contributed by atoms with Crippen molar-refractivity contribution in [3.63, 3.8) is 0 Å². The van der Waals surface area contributed by atoms with Crippen LogP contribution in [0.3, 0.4) is 0 Å². The van der Waals surface area contributed by atoms with Crippen LogP contribution in [0.4, 0.5) is 20.6 Å². The number of carbonyl (C=O) groups excluding carboxylic acids is 2. The van der Waals surface area contributed by atoms with Crippen molar-refractivity contribution in [1.29, 1.82) is 0 Å². The van der Waals surface area contributed by atoms with Crippen LogP contribution < -0.4 is 19.7 Å². The molecule has 2 heterocycles. The average molecular weight is 699 g/mol. The van der Waals surface area contributed by atoms with Gasteiger partial charge in [-0.05, 0) is 102 Å². The third-order valence-corrected chi connectivity index (χ3v) is 9.34. The second-order valence-corrected chi connectivity index (χ2v) is 12.9. The Labute approximate surface area is 301 Å². The first-order valence-electron chi connectivity index (χ1n) is 18.1. The zero-order valence-corrected chi connectivity index (χ0v) is 30.3. The number of nitrogens with zero attached hydrogens (tertiary/aromatic N) is 5. The van der Waals surface area contributed by atoms with Gasteiger partial charge in [-0.2, -0.15) is 0 Å². The number of aryl methyl sites for hydroxylation is 2. The summed E-state index contributed by atoms with van der Waals surface area (Å²) in [5.41, 5.74) is 2.71. The summed E-state index contributed by atoms with van der Waals surface area (Å²) in [4.78, 5) is 39.6. The molecule has 11 heteroatoms. The first-order chi connectivity index (χ1) is 24.8. The molecule has 0 aromatic heterocycles. The Morgan fingerprint density at radius 3 is 2.35 bits per heavy atom. The van der Waals surface area contributed by atoms with E-state index in [0.29, 0.717) is 42.8 Å². The van der Waals surface area contributed by atoms with Crippen molar-refractivity contribution in [2.45, 2.75) is 66.0 Å².